The molecule has 1 N–H and O–H groups in total. The fraction of sp³-hybridized carbons (Fsp3) is 0.667. The maximum Gasteiger partial charge on any atom is 0.248 e. The molecule has 2 aliphatic rings. The Morgan fingerprint density at radius 1 is 1.16 bits per heavy atom. The quantitative estimate of drug-likeness (QED) is 0.575. The van der Waals surface area contributed by atoms with Gasteiger partial charge in [0.15, 0.2) is 0 Å². The number of nitrogens with one attached hydrogen (secondary N) is 1. The average Bonchev–Trinajstić information content (AvgIpc) is 2.78. The van der Waals surface area contributed by atoms with Gasteiger partial charge in [-0.3, -0.25) is 10.2 Å². The molecule has 180 valence electrons. The number of rotatable bonds is 8. The Morgan fingerprint density at radius 3 is 2.41 bits per heavy atom. The largest absolute Gasteiger partial charge is 0.497 e. The minimum absolute atomic E-state index is 0.0325. The first kappa shape index (κ1) is 25.3. The highest BCUT2D eigenvalue weighted by Gasteiger charge is 2.36. The molecule has 11 heteroatoms. The van der Waals surface area contributed by atoms with Crippen LogP contribution in [0.5, 0.6) is 5.75 Å². The van der Waals surface area contributed by atoms with E-state index in [4.69, 9.17) is 9.47 Å². The number of thioether (sulfide) groups is 1. The summed E-state index contributed by atoms with van der Waals surface area (Å²) >= 11 is 1.71. The van der Waals surface area contributed by atoms with Crippen molar-refractivity contribution < 1.29 is 22.7 Å². The monoisotopic (exact) mass is 486 g/mol. The van der Waals surface area contributed by atoms with E-state index in [2.05, 4.69) is 10.4 Å². The molecule has 1 aromatic rings. The van der Waals surface area contributed by atoms with Gasteiger partial charge in [-0.25, -0.2) is 13.4 Å². The van der Waals surface area contributed by atoms with Gasteiger partial charge in [-0.15, -0.1) is 0 Å². The summed E-state index contributed by atoms with van der Waals surface area (Å²) in [5.41, 5.74) is 4.41. The van der Waals surface area contributed by atoms with Crippen molar-refractivity contribution in [1.29, 1.82) is 0 Å². The van der Waals surface area contributed by atoms with Gasteiger partial charge in [-0.2, -0.15) is 16.1 Å². The van der Waals surface area contributed by atoms with Crippen LogP contribution in [0.1, 0.15) is 11.1 Å². The first-order valence-electron chi connectivity index (χ1n) is 10.8. The van der Waals surface area contributed by atoms with Crippen molar-refractivity contribution in [2.75, 3.05) is 71.6 Å². The molecule has 0 aliphatic carbocycles. The molecular weight excluding hydrogens is 452 g/mol. The maximum atomic E-state index is 13.6. The highest BCUT2D eigenvalue weighted by Crippen LogP contribution is 2.31. The van der Waals surface area contributed by atoms with E-state index in [-0.39, 0.29) is 25.2 Å². The number of ether oxygens (including phenoxy) is 2. The third-order valence-corrected chi connectivity index (χ3v) is 9.24. The molecule has 0 spiro atoms. The van der Waals surface area contributed by atoms with E-state index in [0.717, 1.165) is 18.8 Å². The number of benzene rings is 1. The molecule has 0 saturated carbocycles. The third kappa shape index (κ3) is 5.75. The summed E-state index contributed by atoms with van der Waals surface area (Å²) in [5.74, 6) is 1.96. The van der Waals surface area contributed by atoms with Crippen LogP contribution < -0.4 is 10.2 Å². The van der Waals surface area contributed by atoms with E-state index < -0.39 is 10.0 Å². The van der Waals surface area contributed by atoms with E-state index >= 15 is 0 Å². The Labute approximate surface area is 195 Å². The van der Waals surface area contributed by atoms with Gasteiger partial charge >= 0.3 is 0 Å². The van der Waals surface area contributed by atoms with Crippen LogP contribution >= 0.6 is 11.8 Å². The summed E-state index contributed by atoms with van der Waals surface area (Å²) in [6, 6.07) is 3.18. The SMILES string of the molecule is CNN1CCN(C(=O)COCC2CSCCN2S(=O)(=O)c2c(C)cc(OC)cc2C)CC1. The van der Waals surface area contributed by atoms with Crippen LogP contribution in [0, 0.1) is 13.8 Å². The second kappa shape index (κ2) is 11.2. The predicted molar refractivity (Wildman–Crippen MR) is 126 cm³/mol. The Kier molecular flexibility index (Phi) is 8.82. The number of hydrogen-bond acceptors (Lipinski definition) is 8. The van der Waals surface area contributed by atoms with E-state index in [9.17, 15) is 13.2 Å². The van der Waals surface area contributed by atoms with Crippen molar-refractivity contribution in [3.8, 4) is 5.75 Å². The number of aryl methyl sites for hydroxylation is 2. The van der Waals surface area contributed by atoms with Crippen LogP contribution in [0.25, 0.3) is 0 Å². The van der Waals surface area contributed by atoms with E-state index in [0.29, 0.717) is 47.2 Å². The first-order valence-corrected chi connectivity index (χ1v) is 13.4. The predicted octanol–water partition coefficient (Wildman–Crippen LogP) is 0.713. The van der Waals surface area contributed by atoms with Gasteiger partial charge in [-0.1, -0.05) is 0 Å². The second-order valence-corrected chi connectivity index (χ2v) is 11.0. The van der Waals surface area contributed by atoms with Gasteiger partial charge in [0.25, 0.3) is 0 Å². The zero-order valence-electron chi connectivity index (χ0n) is 19.3. The summed E-state index contributed by atoms with van der Waals surface area (Å²) in [6.45, 7) is 7.02. The zero-order chi connectivity index (χ0) is 23.3. The van der Waals surface area contributed by atoms with Gasteiger partial charge in [0.2, 0.25) is 15.9 Å². The van der Waals surface area contributed by atoms with Crippen molar-refractivity contribution in [1.82, 2.24) is 19.6 Å². The van der Waals surface area contributed by atoms with Crippen molar-refractivity contribution in [3.05, 3.63) is 23.3 Å². The van der Waals surface area contributed by atoms with Crippen LogP contribution in [0.15, 0.2) is 17.0 Å². The molecule has 2 aliphatic heterocycles. The molecule has 3 rings (SSSR count). The minimum atomic E-state index is -3.70. The number of nitrogens with zero attached hydrogens (tertiary/aromatic N) is 3. The lowest BCUT2D eigenvalue weighted by Crippen LogP contribution is -2.53. The molecule has 0 radical (unpaired) electrons. The molecule has 2 saturated heterocycles. The summed E-state index contributed by atoms with van der Waals surface area (Å²) in [7, 11) is -0.260. The molecule has 32 heavy (non-hydrogen) atoms. The average molecular weight is 487 g/mol. The molecule has 1 atom stereocenters. The summed E-state index contributed by atoms with van der Waals surface area (Å²) in [4.78, 5) is 14.6. The lowest BCUT2D eigenvalue weighted by atomic mass is 10.1. The number of piperazine rings is 1. The first-order chi connectivity index (χ1) is 15.3. The summed E-state index contributed by atoms with van der Waals surface area (Å²) in [5, 5.41) is 2.07. The lowest BCUT2D eigenvalue weighted by molar-refractivity contribution is -0.138. The Bertz CT molecular complexity index is 880. The second-order valence-electron chi connectivity index (χ2n) is 8.04. The molecular formula is C21H34N4O5S2. The number of hydrogen-bond donors (Lipinski definition) is 1. The van der Waals surface area contributed by atoms with Crippen LogP contribution in [0.3, 0.4) is 0 Å². The summed E-state index contributed by atoms with van der Waals surface area (Å²) < 4.78 is 39.7. The van der Waals surface area contributed by atoms with E-state index in [1.165, 1.54) is 0 Å². The van der Waals surface area contributed by atoms with Crippen molar-refractivity contribution in [3.63, 3.8) is 0 Å². The highest BCUT2D eigenvalue weighted by atomic mass is 32.2. The molecule has 1 amide bonds. The Hall–Kier alpha value is -1.37. The molecule has 9 nitrogen and oxygen atoms in total. The fourth-order valence-corrected chi connectivity index (χ4v) is 7.47. The normalized spacial score (nSPS) is 21.0. The molecule has 2 fully saturated rings. The van der Waals surface area contributed by atoms with Crippen LogP contribution in [-0.2, 0) is 19.6 Å². The Balaban J connectivity index is 1.64. The molecule has 2 heterocycles. The lowest BCUT2D eigenvalue weighted by Gasteiger charge is -2.35. The standard InChI is InChI=1S/C21H34N4O5S2/c1-16-11-19(29-4)12-17(2)21(16)32(27,28)25-9-10-31-15-18(25)13-30-14-20(26)23-5-7-24(22-3)8-6-23/h11-12,18,22H,5-10,13-15H2,1-4H3. The maximum absolute atomic E-state index is 13.6. The number of methoxy groups -OCH3 is 1. The molecule has 1 unspecified atom stereocenters. The third-order valence-electron chi connectivity index (χ3n) is 5.89. The minimum Gasteiger partial charge on any atom is -0.497 e. The zero-order valence-corrected chi connectivity index (χ0v) is 20.9. The van der Waals surface area contributed by atoms with Gasteiger partial charge in [0.1, 0.15) is 12.4 Å². The highest BCUT2D eigenvalue weighted by molar-refractivity contribution is 7.99. The Morgan fingerprint density at radius 2 is 1.81 bits per heavy atom. The van der Waals surface area contributed by atoms with E-state index in [1.54, 1.807) is 54.1 Å². The van der Waals surface area contributed by atoms with Crippen molar-refractivity contribution in [2.24, 2.45) is 0 Å². The fourth-order valence-electron chi connectivity index (χ4n) is 4.19. The number of sulfonamides is 1. The number of hydrazine groups is 1. The van der Waals surface area contributed by atoms with Gasteiger partial charge in [0.05, 0.1) is 24.7 Å². The van der Waals surface area contributed by atoms with Crippen molar-refractivity contribution in [2.45, 2.75) is 24.8 Å². The van der Waals surface area contributed by atoms with Crippen molar-refractivity contribution >= 4 is 27.7 Å². The van der Waals surface area contributed by atoms with Crippen LogP contribution in [0.4, 0.5) is 0 Å². The number of carbonyl (C=O) groups excluding carboxylic acids is 1. The van der Waals surface area contributed by atoms with Crippen LogP contribution in [-0.4, -0.2) is 106 Å². The van der Waals surface area contributed by atoms with Gasteiger partial charge < -0.3 is 14.4 Å². The molecule has 0 aromatic heterocycles. The summed E-state index contributed by atoms with van der Waals surface area (Å²) in [6.07, 6.45) is 0. The van der Waals surface area contributed by atoms with Gasteiger partial charge in [-0.05, 0) is 44.2 Å². The van der Waals surface area contributed by atoms with Gasteiger partial charge in [0, 0.05) is 44.2 Å². The topological polar surface area (TPSA) is 91.4 Å². The number of amides is 1. The molecule has 0 bridgehead atoms. The number of carbonyl (C=O) groups is 1. The van der Waals surface area contributed by atoms with E-state index in [1.807, 2.05) is 7.05 Å². The smallest absolute Gasteiger partial charge is 0.248 e. The van der Waals surface area contributed by atoms with Crippen LogP contribution in [0.2, 0.25) is 0 Å². The molecule has 1 aromatic carbocycles.